The minimum absolute atomic E-state index is 0. The second-order valence-electron chi connectivity index (χ2n) is 5.73. The van der Waals surface area contributed by atoms with Gasteiger partial charge in [0, 0.05) is 0 Å². The zero-order valence-corrected chi connectivity index (χ0v) is 17.5. The molecule has 0 unspecified atom stereocenters. The zero-order chi connectivity index (χ0) is 12.6. The Balaban J connectivity index is 0. The van der Waals surface area contributed by atoms with E-state index in [1.165, 1.54) is 16.3 Å². The average Bonchev–Trinajstić information content (AvgIpc) is 2.56. The van der Waals surface area contributed by atoms with Crippen molar-refractivity contribution in [1.29, 1.82) is 0 Å². The van der Waals surface area contributed by atoms with Crippen LogP contribution >= 0.6 is 0 Å². The number of benzene rings is 1. The molecule has 5 heteroatoms. The summed E-state index contributed by atoms with van der Waals surface area (Å²) in [5, 5.41) is 2.54. The van der Waals surface area contributed by atoms with Crippen LogP contribution in [-0.2, 0) is 31.6 Å². The molecule has 0 atom stereocenters. The fourth-order valence-electron chi connectivity index (χ4n) is 2.07. The van der Waals surface area contributed by atoms with E-state index in [1.54, 1.807) is 0 Å². The summed E-state index contributed by atoms with van der Waals surface area (Å²) in [4.78, 5) is 0. The maximum Gasteiger partial charge on any atom is 3.00 e. The molecule has 1 nitrogen and oxygen atoms in total. The number of rotatable bonds is 2. The first-order valence-electron chi connectivity index (χ1n) is 6.06. The van der Waals surface area contributed by atoms with E-state index < -0.39 is 9.04 Å². The topological polar surface area (TPSA) is 9.23 Å². The number of hydrogen-bond acceptors (Lipinski definition) is 1. The molecule has 0 bridgehead atoms. The van der Waals surface area contributed by atoms with Gasteiger partial charge in [-0.15, -0.1) is 35.0 Å². The summed E-state index contributed by atoms with van der Waals surface area (Å²) < 4.78 is 6.13. The van der Waals surface area contributed by atoms with Gasteiger partial charge >= 0.3 is 26.2 Å². The quantitative estimate of drug-likeness (QED) is 0.436. The van der Waals surface area contributed by atoms with Crippen LogP contribution in [0.5, 0.6) is 5.75 Å². The summed E-state index contributed by atoms with van der Waals surface area (Å²) in [7, 11) is -0.729. The molecule has 20 heavy (non-hydrogen) atoms. The second-order valence-corrected chi connectivity index (χ2v) is 7.76. The third-order valence-electron chi connectivity index (χ3n) is 2.86. The molecule has 0 aliphatic heterocycles. The third kappa shape index (κ3) is 4.94. The molecule has 0 heterocycles. The maximum atomic E-state index is 6.13. The van der Waals surface area contributed by atoms with Crippen molar-refractivity contribution in [2.45, 2.75) is 39.3 Å². The van der Waals surface area contributed by atoms with E-state index in [0.717, 1.165) is 5.75 Å². The molecule has 0 aromatic heterocycles. The minimum atomic E-state index is -0.729. The first-order valence-corrected chi connectivity index (χ1v) is 8.47. The number of halogens is 2. The average molecular weight is 407 g/mol. The van der Waals surface area contributed by atoms with Crippen LogP contribution in [0.3, 0.4) is 0 Å². The van der Waals surface area contributed by atoms with E-state index in [2.05, 4.69) is 64.2 Å². The smallest absolute Gasteiger partial charge is 1.00 e. The summed E-state index contributed by atoms with van der Waals surface area (Å²) in [5.74, 6) is 1.10. The molecule has 2 aromatic rings. The predicted molar refractivity (Wildman–Crippen MR) is 76.4 cm³/mol. The predicted octanol–water partition coefficient (Wildman–Crippen LogP) is -1.51. The van der Waals surface area contributed by atoms with Crippen LogP contribution in [0.25, 0.3) is 10.8 Å². The Hall–Kier alpha value is 0.310. The molecule has 0 fully saturated rings. The van der Waals surface area contributed by atoms with Gasteiger partial charge in [0.2, 0.25) is 0 Å². The summed E-state index contributed by atoms with van der Waals surface area (Å²) in [5.41, 5.74) is 1.45. The van der Waals surface area contributed by atoms with Crippen LogP contribution in [0.1, 0.15) is 26.3 Å². The Morgan fingerprint density at radius 3 is 2.10 bits per heavy atom. The van der Waals surface area contributed by atoms with Gasteiger partial charge in [0.1, 0.15) is 0 Å². The minimum Gasteiger partial charge on any atom is -1.00 e. The Labute approximate surface area is 155 Å². The fourth-order valence-corrected chi connectivity index (χ4v) is 2.70. The standard InChI is InChI=1S/C15H20OSi.2ClH.Zr/c1-15(2,3)13-10-11-8-6-7-9-12(11)14(13)16-17(4)5;;;/h6-10H,1-5H3;2*1H;/q-1;;;+3/p-2. The van der Waals surface area contributed by atoms with Crippen LogP contribution in [0.15, 0.2) is 30.3 Å². The van der Waals surface area contributed by atoms with E-state index in [4.69, 9.17) is 4.43 Å². The van der Waals surface area contributed by atoms with Gasteiger partial charge in [-0.25, -0.2) is 0 Å². The molecule has 0 saturated heterocycles. The van der Waals surface area contributed by atoms with Crippen molar-refractivity contribution < 1.29 is 55.4 Å². The van der Waals surface area contributed by atoms with E-state index in [1.807, 2.05) is 0 Å². The summed E-state index contributed by atoms with van der Waals surface area (Å²) in [6.45, 7) is 11.1. The van der Waals surface area contributed by atoms with Crippen molar-refractivity contribution in [2.24, 2.45) is 0 Å². The van der Waals surface area contributed by atoms with Gasteiger partial charge in [-0.3, -0.25) is 0 Å². The van der Waals surface area contributed by atoms with Crippen molar-refractivity contribution in [2.75, 3.05) is 0 Å². The van der Waals surface area contributed by atoms with E-state index in [-0.39, 0.29) is 56.4 Å². The summed E-state index contributed by atoms with van der Waals surface area (Å²) in [6, 6.07) is 10.8. The molecule has 0 aliphatic rings. The Morgan fingerprint density at radius 1 is 1.05 bits per heavy atom. The van der Waals surface area contributed by atoms with E-state index >= 15 is 0 Å². The van der Waals surface area contributed by atoms with Gasteiger partial charge in [-0.1, -0.05) is 32.4 Å². The zero-order valence-electron chi connectivity index (χ0n) is 12.6. The summed E-state index contributed by atoms with van der Waals surface area (Å²) in [6.07, 6.45) is 0. The van der Waals surface area contributed by atoms with Gasteiger partial charge in [0.05, 0.1) is 0 Å². The number of fused-ring (bicyclic) bond motifs is 1. The fraction of sp³-hybridized carbons (Fsp3) is 0.400. The molecule has 2 rings (SSSR count). The molecular weight excluding hydrogens is 386 g/mol. The van der Waals surface area contributed by atoms with Gasteiger partial charge in [0.25, 0.3) is 9.04 Å². The molecule has 2 radical (unpaired) electrons. The molecular formula is C15H20Cl2OSiZr. The van der Waals surface area contributed by atoms with Crippen molar-refractivity contribution in [3.8, 4) is 5.75 Å². The van der Waals surface area contributed by atoms with Crippen LogP contribution in [-0.4, -0.2) is 9.04 Å². The second kappa shape index (κ2) is 8.68. The first kappa shape index (κ1) is 22.6. The Kier molecular flexibility index (Phi) is 9.80. The van der Waals surface area contributed by atoms with Crippen LogP contribution in [0, 0.1) is 0 Å². The maximum absolute atomic E-state index is 6.13. The monoisotopic (exact) mass is 404 g/mol. The van der Waals surface area contributed by atoms with Crippen molar-refractivity contribution in [3.05, 3.63) is 35.9 Å². The van der Waals surface area contributed by atoms with Crippen molar-refractivity contribution >= 4 is 19.8 Å². The normalized spacial score (nSPS) is 10.5. The van der Waals surface area contributed by atoms with E-state index in [0.29, 0.717) is 0 Å². The van der Waals surface area contributed by atoms with Crippen molar-refractivity contribution in [1.82, 2.24) is 0 Å². The SMILES string of the molecule is C[Si](C)Oc1c(C(C)(C)C)[cH-]c2ccccc12.[Cl-].[Cl-].[Zr+3]. The molecule has 2 aromatic carbocycles. The Morgan fingerprint density at radius 2 is 1.60 bits per heavy atom. The van der Waals surface area contributed by atoms with Gasteiger partial charge in [-0.05, 0) is 24.3 Å². The molecule has 0 amide bonds. The Bertz CT molecular complexity index is 532. The molecule has 0 N–H and O–H groups in total. The molecule has 108 valence electrons. The van der Waals surface area contributed by atoms with Crippen LogP contribution in [0.4, 0.5) is 0 Å². The van der Waals surface area contributed by atoms with Gasteiger partial charge < -0.3 is 29.2 Å². The van der Waals surface area contributed by atoms with Crippen molar-refractivity contribution in [3.63, 3.8) is 0 Å². The molecule has 0 saturated carbocycles. The van der Waals surface area contributed by atoms with Gasteiger partial charge in [0.15, 0.2) is 0 Å². The molecule has 0 spiro atoms. The largest absolute Gasteiger partial charge is 3.00 e. The third-order valence-corrected chi connectivity index (χ3v) is 3.48. The first-order chi connectivity index (χ1) is 7.89. The van der Waals surface area contributed by atoms with E-state index in [9.17, 15) is 0 Å². The summed E-state index contributed by atoms with van der Waals surface area (Å²) >= 11 is 0. The van der Waals surface area contributed by atoms with Gasteiger partial charge in [-0.2, -0.15) is 0 Å². The van der Waals surface area contributed by atoms with Crippen LogP contribution < -0.4 is 29.2 Å². The number of hydrogen-bond donors (Lipinski definition) is 0. The molecule has 0 aliphatic carbocycles. The van der Waals surface area contributed by atoms with Crippen LogP contribution in [0.2, 0.25) is 13.1 Å².